The predicted molar refractivity (Wildman–Crippen MR) is 135 cm³/mol. The van der Waals surface area contributed by atoms with Crippen LogP contribution in [0.2, 0.25) is 30.1 Å². The van der Waals surface area contributed by atoms with E-state index in [0.29, 0.717) is 23.1 Å². The Hall–Kier alpha value is -2.06. The third-order valence-corrected chi connectivity index (χ3v) is 7.05. The van der Waals surface area contributed by atoms with E-state index in [1.807, 2.05) is 12.1 Å². The van der Waals surface area contributed by atoms with Gasteiger partial charge in [-0.15, -0.1) is 0 Å². The average Bonchev–Trinajstić information content (AvgIpc) is 3.47. The molecule has 34 heavy (non-hydrogen) atoms. The number of carbonyl (C=O) groups is 1. The minimum atomic E-state index is -0.475. The number of hydrogen-bond donors (Lipinski definition) is 1. The van der Waals surface area contributed by atoms with Gasteiger partial charge in [-0.05, 0) is 29.8 Å². The lowest BCUT2D eigenvalue weighted by atomic mass is 10.2. The molecule has 0 radical (unpaired) electrons. The van der Waals surface area contributed by atoms with Crippen molar-refractivity contribution in [3.8, 4) is 5.75 Å². The zero-order valence-corrected chi connectivity index (χ0v) is 21.5. The Bertz CT molecular complexity index is 1320. The SMILES string of the molecule is O=C(Nc1ccn(Cc2ccc(Cl)cc2)n1)c1ccc(COc2c(Cl)c(Cl)c(Cl)c(Cl)c2Cl)o1. The first-order valence-electron chi connectivity index (χ1n) is 9.55. The van der Waals surface area contributed by atoms with Crippen LogP contribution in [0.15, 0.2) is 53.1 Å². The Morgan fingerprint density at radius 3 is 2.21 bits per heavy atom. The molecule has 0 unspecified atom stereocenters. The minimum Gasteiger partial charge on any atom is -0.482 e. The molecule has 0 bridgehead atoms. The number of carbonyl (C=O) groups excluding carboxylic acids is 1. The second kappa shape index (κ2) is 10.7. The maximum Gasteiger partial charge on any atom is 0.292 e. The molecule has 0 aliphatic carbocycles. The highest BCUT2D eigenvalue weighted by Gasteiger charge is 2.21. The van der Waals surface area contributed by atoms with Crippen molar-refractivity contribution < 1.29 is 13.9 Å². The number of hydrogen-bond acceptors (Lipinski definition) is 4. The Morgan fingerprint density at radius 2 is 1.53 bits per heavy atom. The van der Waals surface area contributed by atoms with E-state index >= 15 is 0 Å². The van der Waals surface area contributed by atoms with Crippen molar-refractivity contribution in [2.45, 2.75) is 13.2 Å². The van der Waals surface area contributed by atoms with Crippen LogP contribution in [0.5, 0.6) is 5.75 Å². The van der Waals surface area contributed by atoms with Crippen LogP contribution in [0.1, 0.15) is 21.9 Å². The van der Waals surface area contributed by atoms with Gasteiger partial charge in [0, 0.05) is 17.3 Å². The van der Waals surface area contributed by atoms with Gasteiger partial charge in [-0.3, -0.25) is 9.48 Å². The summed E-state index contributed by atoms with van der Waals surface area (Å²) in [5, 5.41) is 7.77. The van der Waals surface area contributed by atoms with Gasteiger partial charge in [0.05, 0.1) is 21.6 Å². The molecule has 1 N–H and O–H groups in total. The van der Waals surface area contributed by atoms with Gasteiger partial charge in [0.15, 0.2) is 17.3 Å². The van der Waals surface area contributed by atoms with E-state index in [0.717, 1.165) is 5.56 Å². The molecule has 6 nitrogen and oxygen atoms in total. The maximum atomic E-state index is 12.5. The molecule has 176 valence electrons. The first-order chi connectivity index (χ1) is 16.2. The molecule has 4 rings (SSSR count). The third-order valence-electron chi connectivity index (χ3n) is 4.55. The van der Waals surface area contributed by atoms with Gasteiger partial charge in [0.2, 0.25) is 0 Å². The van der Waals surface area contributed by atoms with Crippen LogP contribution < -0.4 is 10.1 Å². The van der Waals surface area contributed by atoms with Gasteiger partial charge < -0.3 is 14.5 Å². The monoisotopic (exact) mass is 577 g/mol. The molecule has 0 atom stereocenters. The second-order valence-electron chi connectivity index (χ2n) is 6.93. The van der Waals surface area contributed by atoms with Crippen molar-refractivity contribution in [3.63, 3.8) is 0 Å². The van der Waals surface area contributed by atoms with Crippen molar-refractivity contribution in [2.24, 2.45) is 0 Å². The third kappa shape index (κ3) is 5.60. The molecule has 0 aliphatic rings. The smallest absolute Gasteiger partial charge is 0.292 e. The molecule has 2 heterocycles. The summed E-state index contributed by atoms with van der Waals surface area (Å²) < 4.78 is 12.9. The zero-order valence-electron chi connectivity index (χ0n) is 16.9. The summed E-state index contributed by atoms with van der Waals surface area (Å²) in [5.41, 5.74) is 1.02. The Balaban J connectivity index is 1.38. The van der Waals surface area contributed by atoms with Crippen molar-refractivity contribution in [2.75, 3.05) is 5.32 Å². The molecule has 4 aromatic rings. The van der Waals surface area contributed by atoms with E-state index in [1.54, 1.807) is 35.1 Å². The summed E-state index contributed by atoms with van der Waals surface area (Å²) in [7, 11) is 0. The molecule has 2 aromatic heterocycles. The fourth-order valence-electron chi connectivity index (χ4n) is 2.90. The van der Waals surface area contributed by atoms with E-state index in [-0.39, 0.29) is 43.2 Å². The highest BCUT2D eigenvalue weighted by Crippen LogP contribution is 2.48. The Kier molecular flexibility index (Phi) is 7.87. The average molecular weight is 580 g/mol. The number of nitrogens with zero attached hydrogens (tertiary/aromatic N) is 2. The van der Waals surface area contributed by atoms with E-state index in [9.17, 15) is 4.79 Å². The van der Waals surface area contributed by atoms with Crippen LogP contribution in [0.3, 0.4) is 0 Å². The first-order valence-corrected chi connectivity index (χ1v) is 11.8. The predicted octanol–water partition coefficient (Wildman–Crippen LogP) is 8.28. The number of furan rings is 1. The van der Waals surface area contributed by atoms with Crippen molar-refractivity contribution in [3.05, 3.63) is 95.9 Å². The summed E-state index contributed by atoms with van der Waals surface area (Å²) in [5.74, 6) is 0.355. The fourth-order valence-corrected chi connectivity index (χ4v) is 4.26. The molecule has 0 aliphatic heterocycles. The molecule has 0 spiro atoms. The largest absolute Gasteiger partial charge is 0.482 e. The van der Waals surface area contributed by atoms with Crippen LogP contribution >= 0.6 is 69.6 Å². The van der Waals surface area contributed by atoms with Crippen LogP contribution in [0.25, 0.3) is 0 Å². The minimum absolute atomic E-state index is 0.0137. The summed E-state index contributed by atoms with van der Waals surface area (Å²) in [6.45, 7) is 0.440. The lowest BCUT2D eigenvalue weighted by Crippen LogP contribution is -2.12. The van der Waals surface area contributed by atoms with Crippen LogP contribution in [0, 0.1) is 0 Å². The molecular formula is C22H13Cl6N3O3. The summed E-state index contributed by atoms with van der Waals surface area (Å²) in [6, 6.07) is 12.2. The number of halogens is 6. The summed E-state index contributed by atoms with van der Waals surface area (Å²) in [4.78, 5) is 12.5. The highest BCUT2D eigenvalue weighted by molar-refractivity contribution is 6.55. The van der Waals surface area contributed by atoms with Gasteiger partial charge in [-0.2, -0.15) is 5.10 Å². The highest BCUT2D eigenvalue weighted by atomic mass is 35.5. The number of rotatable bonds is 7. The Morgan fingerprint density at radius 1 is 0.882 bits per heavy atom. The molecule has 0 saturated heterocycles. The van der Waals surface area contributed by atoms with Gasteiger partial charge in [-0.25, -0.2) is 0 Å². The van der Waals surface area contributed by atoms with Crippen molar-refractivity contribution >= 4 is 81.3 Å². The molecule has 0 saturated carbocycles. The van der Waals surface area contributed by atoms with Crippen LogP contribution in [-0.2, 0) is 13.2 Å². The van der Waals surface area contributed by atoms with E-state index < -0.39 is 5.91 Å². The Labute approximate surface area is 224 Å². The van der Waals surface area contributed by atoms with Crippen molar-refractivity contribution in [1.29, 1.82) is 0 Å². The lowest BCUT2D eigenvalue weighted by Gasteiger charge is -2.12. The van der Waals surface area contributed by atoms with Crippen molar-refractivity contribution in [1.82, 2.24) is 9.78 Å². The zero-order chi connectivity index (χ0) is 24.4. The van der Waals surface area contributed by atoms with E-state index in [2.05, 4.69) is 10.4 Å². The van der Waals surface area contributed by atoms with Crippen LogP contribution in [0.4, 0.5) is 5.82 Å². The van der Waals surface area contributed by atoms with E-state index in [1.165, 1.54) is 6.07 Å². The lowest BCUT2D eigenvalue weighted by molar-refractivity contribution is 0.0992. The van der Waals surface area contributed by atoms with E-state index in [4.69, 9.17) is 78.8 Å². The molecule has 2 aromatic carbocycles. The van der Waals surface area contributed by atoms with Gasteiger partial charge in [0.25, 0.3) is 5.91 Å². The fraction of sp³-hybridized carbons (Fsp3) is 0.0909. The number of ether oxygens (including phenoxy) is 1. The quantitative estimate of drug-likeness (QED) is 0.177. The van der Waals surface area contributed by atoms with Gasteiger partial charge >= 0.3 is 0 Å². The normalized spacial score (nSPS) is 11.0. The van der Waals surface area contributed by atoms with Gasteiger partial charge in [0.1, 0.15) is 22.4 Å². The molecule has 0 fully saturated rings. The number of benzene rings is 2. The topological polar surface area (TPSA) is 69.3 Å². The molecule has 12 heteroatoms. The summed E-state index contributed by atoms with van der Waals surface area (Å²) in [6.07, 6.45) is 1.75. The standard InChI is InChI=1S/C22H13Cl6N3O3/c23-12-3-1-11(2-4-12)9-31-8-7-15(30-31)29-22(32)14-6-5-13(34-14)10-33-21-19(27)17(25)16(24)18(26)20(21)28/h1-8H,9-10H2,(H,29,30,32). The van der Waals surface area contributed by atoms with Crippen LogP contribution in [-0.4, -0.2) is 15.7 Å². The number of nitrogens with one attached hydrogen (secondary N) is 1. The molecule has 1 amide bonds. The number of anilines is 1. The number of amides is 1. The summed E-state index contributed by atoms with van der Waals surface area (Å²) >= 11 is 36.3. The van der Waals surface area contributed by atoms with Gasteiger partial charge in [-0.1, -0.05) is 81.7 Å². The molecular weight excluding hydrogens is 567 g/mol. The number of aromatic nitrogens is 2. The first kappa shape index (κ1) is 25.0. The second-order valence-corrected chi connectivity index (χ2v) is 9.26. The maximum absolute atomic E-state index is 12.5.